The Morgan fingerprint density at radius 2 is 2.24 bits per heavy atom. The second-order valence-electron chi connectivity index (χ2n) is 5.11. The Balaban J connectivity index is 2.86. The predicted molar refractivity (Wildman–Crippen MR) is 85.7 cm³/mol. The molecule has 0 aliphatic carbocycles. The van der Waals surface area contributed by atoms with Gasteiger partial charge >= 0.3 is 0 Å². The molecule has 118 valence electrons. The van der Waals surface area contributed by atoms with E-state index in [4.69, 9.17) is 4.74 Å². The highest BCUT2D eigenvalue weighted by Gasteiger charge is 2.21. The predicted octanol–water partition coefficient (Wildman–Crippen LogP) is 2.79. The smallest absolute Gasteiger partial charge is 0.272 e. The SMILES string of the molecule is CCCNc1ccnc(C(=O)N(CCOC)C(C)CC)c1. The van der Waals surface area contributed by atoms with E-state index in [9.17, 15) is 4.79 Å². The molecule has 1 atom stereocenters. The normalized spacial score (nSPS) is 12.0. The molecule has 21 heavy (non-hydrogen) atoms. The fraction of sp³-hybridized carbons (Fsp3) is 0.625. The summed E-state index contributed by atoms with van der Waals surface area (Å²) in [7, 11) is 1.65. The van der Waals surface area contributed by atoms with E-state index in [0.717, 1.165) is 25.1 Å². The van der Waals surface area contributed by atoms with Gasteiger partial charge < -0.3 is 15.0 Å². The van der Waals surface area contributed by atoms with Gasteiger partial charge in [0.15, 0.2) is 0 Å². The molecule has 1 heterocycles. The average Bonchev–Trinajstić information content (AvgIpc) is 2.52. The van der Waals surface area contributed by atoms with Crippen molar-refractivity contribution in [2.75, 3.05) is 32.1 Å². The van der Waals surface area contributed by atoms with Crippen molar-refractivity contribution in [3.05, 3.63) is 24.0 Å². The van der Waals surface area contributed by atoms with E-state index in [0.29, 0.717) is 18.8 Å². The summed E-state index contributed by atoms with van der Waals surface area (Å²) in [5, 5.41) is 3.28. The zero-order chi connectivity index (χ0) is 15.7. The van der Waals surface area contributed by atoms with Crippen molar-refractivity contribution in [2.45, 2.75) is 39.7 Å². The molecule has 0 aliphatic rings. The molecule has 0 fully saturated rings. The third-order valence-electron chi connectivity index (χ3n) is 3.48. The quantitative estimate of drug-likeness (QED) is 0.760. The number of nitrogens with zero attached hydrogens (tertiary/aromatic N) is 2. The molecule has 1 rings (SSSR count). The molecule has 0 bridgehead atoms. The van der Waals surface area contributed by atoms with Crippen molar-refractivity contribution in [1.82, 2.24) is 9.88 Å². The summed E-state index contributed by atoms with van der Waals surface area (Å²) in [4.78, 5) is 18.7. The number of pyridine rings is 1. The number of carbonyl (C=O) groups excluding carboxylic acids is 1. The summed E-state index contributed by atoms with van der Waals surface area (Å²) in [6, 6.07) is 3.87. The molecule has 0 saturated heterocycles. The lowest BCUT2D eigenvalue weighted by atomic mass is 10.2. The Kier molecular flexibility index (Phi) is 7.75. The van der Waals surface area contributed by atoms with E-state index in [2.05, 4.69) is 24.1 Å². The number of ether oxygens (including phenoxy) is 1. The minimum atomic E-state index is -0.0402. The van der Waals surface area contributed by atoms with Gasteiger partial charge in [-0.2, -0.15) is 0 Å². The maximum Gasteiger partial charge on any atom is 0.272 e. The molecule has 1 aromatic rings. The van der Waals surface area contributed by atoms with Gasteiger partial charge in [0.2, 0.25) is 0 Å². The number of hydrogen-bond donors (Lipinski definition) is 1. The third kappa shape index (κ3) is 5.34. The maximum absolute atomic E-state index is 12.7. The maximum atomic E-state index is 12.7. The topological polar surface area (TPSA) is 54.5 Å². The van der Waals surface area contributed by atoms with Crippen LogP contribution in [0.1, 0.15) is 44.1 Å². The monoisotopic (exact) mass is 293 g/mol. The summed E-state index contributed by atoms with van der Waals surface area (Å²) < 4.78 is 5.10. The molecule has 1 aromatic heterocycles. The first kappa shape index (κ1) is 17.4. The number of rotatable bonds is 9. The van der Waals surface area contributed by atoms with Gasteiger partial charge in [0.25, 0.3) is 5.91 Å². The lowest BCUT2D eigenvalue weighted by Crippen LogP contribution is -2.40. The van der Waals surface area contributed by atoms with Gasteiger partial charge in [-0.1, -0.05) is 13.8 Å². The number of amides is 1. The molecular formula is C16H27N3O2. The van der Waals surface area contributed by atoms with E-state index >= 15 is 0 Å². The fourth-order valence-electron chi connectivity index (χ4n) is 2.01. The van der Waals surface area contributed by atoms with Crippen LogP contribution < -0.4 is 5.32 Å². The Bertz CT molecular complexity index is 437. The molecule has 1 N–H and O–H groups in total. The molecule has 0 radical (unpaired) electrons. The van der Waals surface area contributed by atoms with E-state index in [-0.39, 0.29) is 11.9 Å². The first-order chi connectivity index (χ1) is 10.1. The molecule has 0 aromatic carbocycles. The van der Waals surface area contributed by atoms with Crippen LogP contribution in [-0.4, -0.2) is 48.6 Å². The van der Waals surface area contributed by atoms with Crippen LogP contribution in [0.4, 0.5) is 5.69 Å². The van der Waals surface area contributed by atoms with Gasteiger partial charge in [0.1, 0.15) is 5.69 Å². The summed E-state index contributed by atoms with van der Waals surface area (Å²) in [6.45, 7) is 8.23. The highest BCUT2D eigenvalue weighted by molar-refractivity contribution is 5.93. The molecule has 5 nitrogen and oxygen atoms in total. The van der Waals surface area contributed by atoms with Crippen LogP contribution in [0.25, 0.3) is 0 Å². The number of anilines is 1. The van der Waals surface area contributed by atoms with Gasteiger partial charge in [-0.05, 0) is 31.9 Å². The Labute approximate surface area is 127 Å². The zero-order valence-electron chi connectivity index (χ0n) is 13.6. The first-order valence-corrected chi connectivity index (χ1v) is 7.63. The van der Waals surface area contributed by atoms with Gasteiger partial charge in [-0.25, -0.2) is 0 Å². The Morgan fingerprint density at radius 1 is 1.48 bits per heavy atom. The lowest BCUT2D eigenvalue weighted by molar-refractivity contribution is 0.0608. The van der Waals surface area contributed by atoms with Crippen LogP contribution >= 0.6 is 0 Å². The summed E-state index contributed by atoms with van der Waals surface area (Å²) in [5.41, 5.74) is 1.42. The molecule has 0 aliphatic heterocycles. The number of nitrogens with one attached hydrogen (secondary N) is 1. The minimum Gasteiger partial charge on any atom is -0.385 e. The second-order valence-corrected chi connectivity index (χ2v) is 5.11. The van der Waals surface area contributed by atoms with Crippen LogP contribution in [-0.2, 0) is 4.74 Å². The largest absolute Gasteiger partial charge is 0.385 e. The second kappa shape index (κ2) is 9.34. The van der Waals surface area contributed by atoms with Crippen molar-refractivity contribution < 1.29 is 9.53 Å². The van der Waals surface area contributed by atoms with Crippen molar-refractivity contribution in [1.29, 1.82) is 0 Å². The molecule has 0 saturated carbocycles. The first-order valence-electron chi connectivity index (χ1n) is 7.63. The van der Waals surface area contributed by atoms with Gasteiger partial charge in [0, 0.05) is 38.1 Å². The summed E-state index contributed by atoms with van der Waals surface area (Å²) in [5.74, 6) is -0.0402. The van der Waals surface area contributed by atoms with E-state index < -0.39 is 0 Å². The molecular weight excluding hydrogens is 266 g/mol. The van der Waals surface area contributed by atoms with Crippen molar-refractivity contribution in [3.63, 3.8) is 0 Å². The van der Waals surface area contributed by atoms with Crippen LogP contribution in [0.3, 0.4) is 0 Å². The Hall–Kier alpha value is -1.62. The molecule has 1 amide bonds. The number of hydrogen-bond acceptors (Lipinski definition) is 4. The molecule has 5 heteroatoms. The van der Waals surface area contributed by atoms with Gasteiger partial charge in [-0.3, -0.25) is 9.78 Å². The number of methoxy groups -OCH3 is 1. The highest BCUT2D eigenvalue weighted by atomic mass is 16.5. The standard InChI is InChI=1S/C16H27N3O2/c1-5-8-17-14-7-9-18-15(12-14)16(20)19(10-11-21-4)13(3)6-2/h7,9,12-13H,5-6,8,10-11H2,1-4H3,(H,17,18). The van der Waals surface area contributed by atoms with Gasteiger partial charge in [0.05, 0.1) is 6.61 Å². The van der Waals surface area contributed by atoms with Crippen molar-refractivity contribution in [3.8, 4) is 0 Å². The van der Waals surface area contributed by atoms with Crippen LogP contribution in [0.15, 0.2) is 18.3 Å². The van der Waals surface area contributed by atoms with Gasteiger partial charge in [-0.15, -0.1) is 0 Å². The van der Waals surface area contributed by atoms with E-state index in [1.165, 1.54) is 0 Å². The fourth-order valence-corrected chi connectivity index (χ4v) is 2.01. The van der Waals surface area contributed by atoms with Crippen LogP contribution in [0.5, 0.6) is 0 Å². The van der Waals surface area contributed by atoms with E-state index in [1.54, 1.807) is 13.3 Å². The van der Waals surface area contributed by atoms with Crippen LogP contribution in [0, 0.1) is 0 Å². The minimum absolute atomic E-state index is 0.0402. The van der Waals surface area contributed by atoms with Crippen LogP contribution in [0.2, 0.25) is 0 Å². The summed E-state index contributed by atoms with van der Waals surface area (Å²) in [6.07, 6.45) is 3.62. The Morgan fingerprint density at radius 3 is 2.86 bits per heavy atom. The highest BCUT2D eigenvalue weighted by Crippen LogP contribution is 2.13. The number of carbonyl (C=O) groups is 1. The third-order valence-corrected chi connectivity index (χ3v) is 3.48. The lowest BCUT2D eigenvalue weighted by Gasteiger charge is -2.28. The van der Waals surface area contributed by atoms with Crippen molar-refractivity contribution >= 4 is 11.6 Å². The number of aromatic nitrogens is 1. The van der Waals surface area contributed by atoms with Crippen molar-refractivity contribution in [2.24, 2.45) is 0 Å². The summed E-state index contributed by atoms with van der Waals surface area (Å²) >= 11 is 0. The molecule has 1 unspecified atom stereocenters. The zero-order valence-corrected chi connectivity index (χ0v) is 13.6. The van der Waals surface area contributed by atoms with E-state index in [1.807, 2.05) is 24.0 Å². The average molecular weight is 293 g/mol. The molecule has 0 spiro atoms.